The Morgan fingerprint density at radius 2 is 2.00 bits per heavy atom. The third-order valence-corrected chi connectivity index (χ3v) is 1.82. The van der Waals surface area contributed by atoms with Gasteiger partial charge in [0, 0.05) is 13.6 Å². The van der Waals surface area contributed by atoms with Gasteiger partial charge in [-0.15, -0.1) is 0 Å². The van der Waals surface area contributed by atoms with Crippen molar-refractivity contribution in [3.05, 3.63) is 0 Å². The fourth-order valence-electron chi connectivity index (χ4n) is 0.804. The highest BCUT2D eigenvalue weighted by Crippen LogP contribution is 1.94. The molecule has 0 aromatic carbocycles. The number of urea groups is 1. The van der Waals surface area contributed by atoms with Crippen LogP contribution in [0.4, 0.5) is 4.79 Å². The highest BCUT2D eigenvalue weighted by molar-refractivity contribution is 5.87. The SMILES string of the molecule is CCN(C)C(=O)N[C@@H](CC(N)=O)C(=O)O. The molecule has 4 N–H and O–H groups in total. The summed E-state index contributed by atoms with van der Waals surface area (Å²) >= 11 is 0. The predicted octanol–water partition coefficient (Wildman–Crippen LogP) is -1.02. The van der Waals surface area contributed by atoms with Gasteiger partial charge in [0.15, 0.2) is 0 Å². The summed E-state index contributed by atoms with van der Waals surface area (Å²) in [6.07, 6.45) is -0.418. The van der Waals surface area contributed by atoms with Crippen LogP contribution in [0.25, 0.3) is 0 Å². The molecule has 0 aromatic rings. The summed E-state index contributed by atoms with van der Waals surface area (Å²) in [6, 6.07) is -1.82. The molecular formula is C8H15N3O4. The molecule has 0 aromatic heterocycles. The van der Waals surface area contributed by atoms with Crippen molar-refractivity contribution in [3.8, 4) is 0 Å². The number of aliphatic carboxylic acids is 1. The lowest BCUT2D eigenvalue weighted by atomic mass is 10.2. The lowest BCUT2D eigenvalue weighted by Crippen LogP contribution is -2.48. The van der Waals surface area contributed by atoms with Crippen molar-refractivity contribution in [2.75, 3.05) is 13.6 Å². The standard InChI is InChI=1S/C8H15N3O4/c1-3-11(2)8(15)10-5(7(13)14)4-6(9)12/h5H,3-4H2,1-2H3,(H2,9,12)(H,10,15)(H,13,14)/t5-/m0/s1. The van der Waals surface area contributed by atoms with Crippen LogP contribution in [0.3, 0.4) is 0 Å². The molecule has 7 nitrogen and oxygen atoms in total. The number of amides is 3. The van der Waals surface area contributed by atoms with E-state index in [1.807, 2.05) is 0 Å². The van der Waals surface area contributed by atoms with Gasteiger partial charge in [0.2, 0.25) is 5.91 Å². The molecule has 0 radical (unpaired) electrons. The molecule has 0 unspecified atom stereocenters. The Morgan fingerprint density at radius 3 is 2.33 bits per heavy atom. The minimum atomic E-state index is -1.29. The molecule has 0 rings (SSSR count). The second-order valence-electron chi connectivity index (χ2n) is 3.02. The molecule has 15 heavy (non-hydrogen) atoms. The van der Waals surface area contributed by atoms with Gasteiger partial charge in [0.05, 0.1) is 6.42 Å². The first-order valence-corrected chi connectivity index (χ1v) is 4.41. The maximum atomic E-state index is 11.3. The number of hydrogen-bond donors (Lipinski definition) is 3. The molecule has 0 aliphatic rings. The quantitative estimate of drug-likeness (QED) is 0.546. The van der Waals surface area contributed by atoms with Gasteiger partial charge in [-0.3, -0.25) is 4.79 Å². The van der Waals surface area contributed by atoms with Crippen LogP contribution in [0.5, 0.6) is 0 Å². The Hall–Kier alpha value is -1.79. The molecule has 0 heterocycles. The van der Waals surface area contributed by atoms with E-state index in [1.54, 1.807) is 6.92 Å². The zero-order valence-electron chi connectivity index (χ0n) is 8.69. The number of primary amides is 1. The van der Waals surface area contributed by atoms with Crippen LogP contribution in [0.2, 0.25) is 0 Å². The summed E-state index contributed by atoms with van der Waals surface area (Å²) in [5.41, 5.74) is 4.85. The van der Waals surface area contributed by atoms with Crippen LogP contribution in [0.1, 0.15) is 13.3 Å². The summed E-state index contributed by atoms with van der Waals surface area (Å²) in [5, 5.41) is 10.9. The number of carboxylic acid groups (broad SMARTS) is 1. The van der Waals surface area contributed by atoms with E-state index in [1.165, 1.54) is 11.9 Å². The zero-order valence-corrected chi connectivity index (χ0v) is 8.69. The van der Waals surface area contributed by atoms with Crippen LogP contribution in [-0.4, -0.2) is 47.5 Å². The smallest absolute Gasteiger partial charge is 0.326 e. The first-order valence-electron chi connectivity index (χ1n) is 4.41. The summed E-state index contributed by atoms with van der Waals surface area (Å²) in [4.78, 5) is 33.7. The van der Waals surface area contributed by atoms with E-state index in [4.69, 9.17) is 10.8 Å². The maximum absolute atomic E-state index is 11.3. The van der Waals surface area contributed by atoms with E-state index < -0.39 is 30.4 Å². The third-order valence-electron chi connectivity index (χ3n) is 1.82. The second-order valence-corrected chi connectivity index (χ2v) is 3.02. The lowest BCUT2D eigenvalue weighted by Gasteiger charge is -2.19. The molecular weight excluding hydrogens is 202 g/mol. The highest BCUT2D eigenvalue weighted by Gasteiger charge is 2.22. The molecule has 7 heteroatoms. The van der Waals surface area contributed by atoms with Gasteiger partial charge in [-0.25, -0.2) is 9.59 Å². The van der Waals surface area contributed by atoms with Gasteiger partial charge in [-0.05, 0) is 6.92 Å². The summed E-state index contributed by atoms with van der Waals surface area (Å²) in [5.74, 6) is -2.06. The van der Waals surface area contributed by atoms with E-state index in [0.717, 1.165) is 0 Å². The summed E-state index contributed by atoms with van der Waals surface area (Å²) < 4.78 is 0. The molecule has 86 valence electrons. The van der Waals surface area contributed by atoms with E-state index >= 15 is 0 Å². The zero-order chi connectivity index (χ0) is 12.0. The van der Waals surface area contributed by atoms with Crippen molar-refractivity contribution < 1.29 is 19.5 Å². The van der Waals surface area contributed by atoms with Gasteiger partial charge >= 0.3 is 12.0 Å². The molecule has 0 aliphatic heterocycles. The van der Waals surface area contributed by atoms with Gasteiger partial charge in [-0.1, -0.05) is 0 Å². The van der Waals surface area contributed by atoms with Crippen molar-refractivity contribution in [3.63, 3.8) is 0 Å². The van der Waals surface area contributed by atoms with Crippen molar-refractivity contribution in [2.45, 2.75) is 19.4 Å². The average Bonchev–Trinajstić information content (AvgIpc) is 2.14. The van der Waals surface area contributed by atoms with E-state index in [2.05, 4.69) is 5.32 Å². The lowest BCUT2D eigenvalue weighted by molar-refractivity contribution is -0.140. The number of nitrogens with two attached hydrogens (primary N) is 1. The van der Waals surface area contributed by atoms with Crippen molar-refractivity contribution in [1.29, 1.82) is 0 Å². The van der Waals surface area contributed by atoms with Gasteiger partial charge in [-0.2, -0.15) is 0 Å². The fraction of sp³-hybridized carbons (Fsp3) is 0.625. The Labute approximate surface area is 87.2 Å². The number of carbonyl (C=O) groups excluding carboxylic acids is 2. The van der Waals surface area contributed by atoms with Crippen LogP contribution in [0, 0.1) is 0 Å². The molecule has 0 spiro atoms. The Morgan fingerprint density at radius 1 is 1.47 bits per heavy atom. The van der Waals surface area contributed by atoms with Gasteiger partial charge in [0.25, 0.3) is 0 Å². The maximum Gasteiger partial charge on any atom is 0.326 e. The van der Waals surface area contributed by atoms with E-state index in [9.17, 15) is 14.4 Å². The summed E-state index contributed by atoms with van der Waals surface area (Å²) in [6.45, 7) is 2.18. The molecule has 0 saturated heterocycles. The first-order chi connectivity index (χ1) is 6.88. The molecule has 0 bridgehead atoms. The Balaban J connectivity index is 4.35. The third kappa shape index (κ3) is 4.84. The van der Waals surface area contributed by atoms with Crippen molar-refractivity contribution >= 4 is 17.9 Å². The van der Waals surface area contributed by atoms with Crippen LogP contribution < -0.4 is 11.1 Å². The number of rotatable bonds is 5. The number of nitrogens with zero attached hydrogens (tertiary/aromatic N) is 1. The molecule has 3 amide bonds. The van der Waals surface area contributed by atoms with Gasteiger partial charge < -0.3 is 21.1 Å². The Bertz CT molecular complexity index is 267. The number of nitrogens with one attached hydrogen (secondary N) is 1. The number of carboxylic acids is 1. The minimum absolute atomic E-state index is 0.418. The predicted molar refractivity (Wildman–Crippen MR) is 52.1 cm³/mol. The van der Waals surface area contributed by atoms with Crippen molar-refractivity contribution in [1.82, 2.24) is 10.2 Å². The molecule has 1 atom stereocenters. The van der Waals surface area contributed by atoms with Crippen LogP contribution in [0.15, 0.2) is 0 Å². The van der Waals surface area contributed by atoms with Crippen molar-refractivity contribution in [2.24, 2.45) is 5.73 Å². The van der Waals surface area contributed by atoms with E-state index in [-0.39, 0.29) is 0 Å². The van der Waals surface area contributed by atoms with Gasteiger partial charge in [0.1, 0.15) is 6.04 Å². The summed E-state index contributed by atoms with van der Waals surface area (Å²) in [7, 11) is 1.51. The fourth-order valence-corrected chi connectivity index (χ4v) is 0.804. The van der Waals surface area contributed by atoms with Crippen LogP contribution >= 0.6 is 0 Å². The topological polar surface area (TPSA) is 113 Å². The normalized spacial score (nSPS) is 11.6. The first kappa shape index (κ1) is 13.2. The number of hydrogen-bond acceptors (Lipinski definition) is 3. The molecule has 0 saturated carbocycles. The highest BCUT2D eigenvalue weighted by atomic mass is 16.4. The Kier molecular flexibility index (Phi) is 5.14. The monoisotopic (exact) mass is 217 g/mol. The molecule has 0 aliphatic carbocycles. The number of carbonyl (C=O) groups is 3. The molecule has 0 fully saturated rings. The minimum Gasteiger partial charge on any atom is -0.480 e. The largest absolute Gasteiger partial charge is 0.480 e. The van der Waals surface area contributed by atoms with Crippen LogP contribution in [-0.2, 0) is 9.59 Å². The van der Waals surface area contributed by atoms with E-state index in [0.29, 0.717) is 6.54 Å². The average molecular weight is 217 g/mol. The second kappa shape index (κ2) is 5.84.